The van der Waals surface area contributed by atoms with Gasteiger partial charge in [-0.25, -0.2) is 25.8 Å². The molecule has 0 saturated carbocycles. The Balaban J connectivity index is -0.0000000342. The molecule has 0 aliphatic heterocycles. The van der Waals surface area contributed by atoms with Gasteiger partial charge in [0.15, 0.2) is 12.6 Å². The Bertz CT molecular complexity index is 426. The quantitative estimate of drug-likeness (QED) is 0.0805. The molecule has 0 aromatic heterocycles. The number of aliphatic carboxylic acids is 1. The van der Waals surface area contributed by atoms with Crippen molar-refractivity contribution in [1.29, 1.82) is 0 Å². The molecule has 0 aliphatic carbocycles. The monoisotopic (exact) mass is 784 g/mol. The summed E-state index contributed by atoms with van der Waals surface area (Å²) in [7, 11) is 0. The molecule has 0 fully saturated rings. The minimum absolute atomic E-state index is 0. The minimum Gasteiger partial charge on any atom is -0.478 e. The Morgan fingerprint density at radius 3 is 0.722 bits per heavy atom. The summed E-state index contributed by atoms with van der Waals surface area (Å²) in [6.45, 7) is -0.433. The number of halogens is 12. The van der Waals surface area contributed by atoms with E-state index in [1.807, 2.05) is 0 Å². The van der Waals surface area contributed by atoms with E-state index in [1.165, 1.54) is 0 Å². The van der Waals surface area contributed by atoms with E-state index in [1.54, 1.807) is 0 Å². The highest BCUT2D eigenvalue weighted by molar-refractivity contribution is 6.76. The topological polar surface area (TPSA) is 291 Å². The lowest BCUT2D eigenvalue weighted by Gasteiger charge is -2.01. The molecule has 0 atom stereocenters. The van der Waals surface area contributed by atoms with Crippen molar-refractivity contribution in [3.8, 4) is 0 Å². The van der Waals surface area contributed by atoms with E-state index >= 15 is 0 Å². The van der Waals surface area contributed by atoms with E-state index in [4.69, 9.17) is 190 Å². The highest BCUT2D eigenvalue weighted by Gasteiger charge is 2.29. The second-order valence-electron chi connectivity index (χ2n) is 3.06. The average molecular weight is 790 g/mol. The maximum Gasteiger partial charge on any atom is 0.356 e. The van der Waals surface area contributed by atoms with Gasteiger partial charge in [0.25, 0.3) is 3.79 Å². The molecule has 0 aliphatic rings. The van der Waals surface area contributed by atoms with Crippen LogP contribution in [0.4, 0.5) is 0 Å². The van der Waals surface area contributed by atoms with Crippen LogP contribution in [0, 0.1) is 19.9 Å². The predicted octanol–water partition coefficient (Wildman–Crippen LogP) is 5.11. The van der Waals surface area contributed by atoms with Gasteiger partial charge in [0.2, 0.25) is 11.4 Å². The maximum atomic E-state index is 9.62. The molecule has 0 saturated heterocycles. The fourth-order valence-corrected chi connectivity index (χ4v) is 0. The first-order chi connectivity index (χ1) is 15.5. The molecule has 0 aromatic rings. The number of alkyl halides is 12. The molecule has 224 valence electrons. The summed E-state index contributed by atoms with van der Waals surface area (Å²) in [5, 5.41) is 46.9. The van der Waals surface area contributed by atoms with Gasteiger partial charge in [-0.3, -0.25) is 9.59 Å². The zero-order valence-electron chi connectivity index (χ0n) is 15.8. The second-order valence-corrected chi connectivity index (χ2v) is 12.6. The first kappa shape index (κ1) is 61.3. The normalized spacial score (nSPS) is 9.14. The van der Waals surface area contributed by atoms with E-state index in [2.05, 4.69) is 10.1 Å². The van der Waals surface area contributed by atoms with Gasteiger partial charge in [0.1, 0.15) is 0 Å². The molecule has 0 bridgehead atoms. The summed E-state index contributed by atoms with van der Waals surface area (Å²) in [6, 6.07) is 0. The number of aliphatic hydroxyl groups excluding tert-OH is 1. The predicted molar refractivity (Wildman–Crippen MR) is 138 cm³/mol. The van der Waals surface area contributed by atoms with Crippen molar-refractivity contribution in [2.75, 3.05) is 6.61 Å². The van der Waals surface area contributed by atoms with Crippen molar-refractivity contribution >= 4 is 158 Å². The molecule has 0 rings (SSSR count). The number of rotatable bonds is 0. The van der Waals surface area contributed by atoms with Gasteiger partial charge in [0.05, 0.1) is 6.61 Å². The van der Waals surface area contributed by atoms with Crippen LogP contribution < -0.4 is 0 Å². The molecule has 0 aromatic carbocycles. The Morgan fingerprint density at radius 1 is 0.639 bits per heavy atom. The Kier molecular flexibility index (Phi) is 69.2. The summed E-state index contributed by atoms with van der Waals surface area (Å²) in [5.41, 5.74) is 0. The van der Waals surface area contributed by atoms with Crippen molar-refractivity contribution in [2.24, 2.45) is 0 Å². The first-order valence-electron chi connectivity index (χ1n) is 5.73. The van der Waals surface area contributed by atoms with Crippen LogP contribution in [-0.4, -0.2) is 77.0 Å². The van der Waals surface area contributed by atoms with E-state index < -0.39 is 27.7 Å². The van der Waals surface area contributed by atoms with Crippen molar-refractivity contribution in [1.82, 2.24) is 0 Å². The lowest BCUT2D eigenvalue weighted by Crippen LogP contribution is -2.16. The molecule has 28 heteroatoms. The molecular weight excluding hydrogens is 778 g/mol. The summed E-state index contributed by atoms with van der Waals surface area (Å²) >= 11 is 58.7. The average Bonchev–Trinajstić information content (AvgIpc) is 2.71. The largest absolute Gasteiger partial charge is 0.478 e. The second kappa shape index (κ2) is 40.7. The Labute approximate surface area is 259 Å². The summed E-state index contributed by atoms with van der Waals surface area (Å²) in [4.78, 5) is 56.5. The highest BCUT2D eigenvalue weighted by atomic mass is 35.6. The maximum absolute atomic E-state index is 9.62. The fourth-order valence-electron chi connectivity index (χ4n) is 0. The Morgan fingerprint density at radius 2 is 0.722 bits per heavy atom. The third kappa shape index (κ3) is 157. The molecule has 0 unspecified atom stereocenters. The Hall–Kier alpha value is 1.17. The van der Waals surface area contributed by atoms with Crippen molar-refractivity contribution < 1.29 is 61.2 Å². The zero-order valence-corrected chi connectivity index (χ0v) is 24.8. The van der Waals surface area contributed by atoms with Crippen LogP contribution in [0.15, 0.2) is 0 Å². The molecule has 0 amide bonds. The van der Waals surface area contributed by atoms with E-state index in [9.17, 15) is 14.4 Å². The smallest absolute Gasteiger partial charge is 0.356 e. The number of hydrogen-bond acceptors (Lipinski definition) is 14. The van der Waals surface area contributed by atoms with Gasteiger partial charge < -0.3 is 15.7 Å². The van der Waals surface area contributed by atoms with E-state index in [0.29, 0.717) is 0 Å². The summed E-state index contributed by atoms with van der Waals surface area (Å²) in [5.74, 6) is -1.46. The van der Waals surface area contributed by atoms with Gasteiger partial charge >= 0.3 is 5.97 Å². The number of carboxylic acid groups (broad SMARTS) is 1. The third-order valence-electron chi connectivity index (χ3n) is 0.689. The number of hydrogen-bond donors (Lipinski definition) is 6. The van der Waals surface area contributed by atoms with Gasteiger partial charge in [0, 0.05) is 19.9 Å². The van der Waals surface area contributed by atoms with Crippen molar-refractivity contribution in [3.05, 3.63) is 19.9 Å². The zero-order chi connectivity index (χ0) is 31.1. The molecular formula is C8H12Cl12O16. The molecule has 16 nitrogen and oxygen atoms in total. The number of carbonyl (C=O) groups is 3. The fraction of sp³-hybridized carbons (Fsp3) is 0.625. The standard InChI is InChI=1S/C2HCl3O2.C2H3Cl3O.2C2HCl3O.2H2O3.2O2.H2O/c3-2(4,5)1(6)7;3*3-2(4,5)1-6;2*1-3-2;2*1-2;/h(H,6,7);6H,1H2;2*1H;2*1-2H;;;1H2. The van der Waals surface area contributed by atoms with Crippen LogP contribution in [0.25, 0.3) is 0 Å². The lowest BCUT2D eigenvalue weighted by molar-refractivity contribution is -0.465. The minimum atomic E-state index is -2.17. The molecule has 0 spiro atoms. The van der Waals surface area contributed by atoms with Crippen LogP contribution in [0.3, 0.4) is 0 Å². The SMILES string of the molecule is O.O=C(O)C(Cl)(Cl)Cl.O=CC(Cl)(Cl)Cl.O=CC(Cl)(Cl)Cl.O=O.O=O.OCC(Cl)(Cl)Cl.OOO.OOO. The van der Waals surface area contributed by atoms with Crippen LogP contribution >= 0.6 is 139 Å². The highest BCUT2D eigenvalue weighted by Crippen LogP contribution is 2.25. The first-order valence-corrected chi connectivity index (χ1v) is 10.3. The van der Waals surface area contributed by atoms with Crippen LogP contribution in [0.1, 0.15) is 0 Å². The lowest BCUT2D eigenvalue weighted by atomic mass is 10.8. The van der Waals surface area contributed by atoms with E-state index in [0.717, 1.165) is 0 Å². The van der Waals surface area contributed by atoms with Crippen molar-refractivity contribution in [3.63, 3.8) is 0 Å². The molecule has 8 N–H and O–H groups in total. The summed E-state index contributed by atoms with van der Waals surface area (Å²) < 4.78 is -7.10. The number of carboxylic acids is 1. The van der Waals surface area contributed by atoms with Crippen LogP contribution in [0.5, 0.6) is 0 Å². The van der Waals surface area contributed by atoms with Gasteiger partial charge in [-0.15, -0.1) is 0 Å². The summed E-state index contributed by atoms with van der Waals surface area (Å²) in [6.07, 6.45) is 0.468. The van der Waals surface area contributed by atoms with Crippen molar-refractivity contribution in [2.45, 2.75) is 15.2 Å². The number of aldehydes is 2. The van der Waals surface area contributed by atoms with Gasteiger partial charge in [-0.1, -0.05) is 149 Å². The van der Waals surface area contributed by atoms with Crippen LogP contribution in [-0.2, 0) is 24.5 Å². The van der Waals surface area contributed by atoms with E-state index in [-0.39, 0.29) is 18.0 Å². The third-order valence-corrected chi connectivity index (χ3v) is 2.07. The molecule has 0 radical (unpaired) electrons. The number of carbonyl (C=O) groups excluding carboxylic acids is 2. The van der Waals surface area contributed by atoms with Crippen LogP contribution in [0.2, 0.25) is 0 Å². The number of aliphatic hydroxyl groups is 1. The van der Waals surface area contributed by atoms with Gasteiger partial charge in [-0.05, 0) is 0 Å². The molecule has 36 heavy (non-hydrogen) atoms. The van der Waals surface area contributed by atoms with Gasteiger partial charge in [-0.2, -0.15) is 0 Å². The molecule has 0 heterocycles.